The normalized spacial score (nSPS) is 14.5. The Kier molecular flexibility index (Phi) is 6.70. The number of nitrogens with zero attached hydrogens (tertiary/aromatic N) is 3. The number of rotatable bonds is 8. The maximum atomic E-state index is 14.7. The van der Waals surface area contributed by atoms with Gasteiger partial charge in [0.05, 0.1) is 16.6 Å². The van der Waals surface area contributed by atoms with Gasteiger partial charge in [0, 0.05) is 19.6 Å². The molecular weight excluding hydrogens is 403 g/mol. The van der Waals surface area contributed by atoms with Crippen LogP contribution in [0.1, 0.15) is 44.1 Å². The molecule has 1 aliphatic rings. The van der Waals surface area contributed by atoms with Gasteiger partial charge in [-0.1, -0.05) is 45.0 Å². The van der Waals surface area contributed by atoms with Crippen LogP contribution < -0.4 is 10.9 Å². The summed E-state index contributed by atoms with van der Waals surface area (Å²) in [5.41, 5.74) is 4.17. The molecule has 0 saturated carbocycles. The van der Waals surface area contributed by atoms with E-state index < -0.39 is 5.82 Å². The van der Waals surface area contributed by atoms with Gasteiger partial charge in [-0.15, -0.1) is 0 Å². The number of aromatic nitrogens is 2. The Hall–Kier alpha value is -2.99. The number of allylic oxidation sites excluding steroid dienone is 1. The molecule has 1 aromatic heterocycles. The second kappa shape index (κ2) is 9.65. The summed E-state index contributed by atoms with van der Waals surface area (Å²) in [5, 5.41) is 3.50. The molecule has 6 heteroatoms. The Labute approximate surface area is 188 Å². The Balaban J connectivity index is 1.66. The van der Waals surface area contributed by atoms with Gasteiger partial charge < -0.3 is 10.2 Å². The lowest BCUT2D eigenvalue weighted by Crippen LogP contribution is -2.28. The van der Waals surface area contributed by atoms with Crippen molar-refractivity contribution in [3.8, 4) is 0 Å². The molecule has 2 aromatic carbocycles. The van der Waals surface area contributed by atoms with E-state index in [1.54, 1.807) is 10.6 Å². The summed E-state index contributed by atoms with van der Waals surface area (Å²) in [5.74, 6) is 0.268. The summed E-state index contributed by atoms with van der Waals surface area (Å²) in [6.45, 7) is 10.3. The van der Waals surface area contributed by atoms with Crippen molar-refractivity contribution in [2.24, 2.45) is 0 Å². The largest absolute Gasteiger partial charge is 0.381 e. The van der Waals surface area contributed by atoms with Gasteiger partial charge in [-0.25, -0.2) is 9.37 Å². The van der Waals surface area contributed by atoms with Crippen LogP contribution in [0.5, 0.6) is 0 Å². The summed E-state index contributed by atoms with van der Waals surface area (Å²) < 4.78 is 16.4. The SMILES string of the molecule is CCc1ccc(/C=C2\CCn3c2nc2cc(NCCN(CC)CC)c(F)cc2c3=O)cc1. The molecule has 0 radical (unpaired) electrons. The van der Waals surface area contributed by atoms with E-state index >= 15 is 0 Å². The first kappa shape index (κ1) is 22.2. The standard InChI is InChI=1S/C26H31FN4O/c1-4-18-7-9-19(10-8-18)15-20-11-13-31-25(20)29-23-17-24(22(27)16-21(23)26(31)32)28-12-14-30(5-2)6-3/h7-10,15-17,28H,4-6,11-14H2,1-3H3/b20-15+. The fraction of sp³-hybridized carbons (Fsp3) is 0.385. The molecule has 0 unspecified atom stereocenters. The van der Waals surface area contributed by atoms with Crippen LogP contribution in [0, 0.1) is 5.82 Å². The van der Waals surface area contributed by atoms with Crippen LogP contribution in [0.15, 0.2) is 41.2 Å². The molecule has 3 aromatic rings. The number of nitrogens with one attached hydrogen (secondary N) is 1. The van der Waals surface area contributed by atoms with Crippen molar-refractivity contribution in [3.05, 3.63) is 69.5 Å². The van der Waals surface area contributed by atoms with Crippen molar-refractivity contribution in [1.29, 1.82) is 0 Å². The van der Waals surface area contributed by atoms with Crippen molar-refractivity contribution < 1.29 is 4.39 Å². The Morgan fingerprint density at radius 3 is 2.59 bits per heavy atom. The highest BCUT2D eigenvalue weighted by atomic mass is 19.1. The first-order valence-electron chi connectivity index (χ1n) is 11.5. The molecule has 5 nitrogen and oxygen atoms in total. The van der Waals surface area contributed by atoms with Gasteiger partial charge in [0.15, 0.2) is 0 Å². The number of hydrogen-bond acceptors (Lipinski definition) is 4. The fourth-order valence-corrected chi connectivity index (χ4v) is 4.25. The number of likely N-dealkylation sites (N-methyl/N-ethyl adjacent to an activating group) is 1. The van der Waals surface area contributed by atoms with Crippen molar-refractivity contribution in [1.82, 2.24) is 14.5 Å². The van der Waals surface area contributed by atoms with Crippen LogP contribution in [0.3, 0.4) is 0 Å². The Morgan fingerprint density at radius 2 is 1.91 bits per heavy atom. The van der Waals surface area contributed by atoms with Gasteiger partial charge in [-0.2, -0.15) is 0 Å². The topological polar surface area (TPSA) is 50.2 Å². The second-order valence-corrected chi connectivity index (χ2v) is 8.21. The van der Waals surface area contributed by atoms with Crippen LogP contribution in [0.2, 0.25) is 0 Å². The minimum absolute atomic E-state index is 0.177. The van der Waals surface area contributed by atoms with E-state index in [2.05, 4.69) is 61.3 Å². The van der Waals surface area contributed by atoms with Crippen LogP contribution in [0.4, 0.5) is 10.1 Å². The molecule has 2 heterocycles. The van der Waals surface area contributed by atoms with Gasteiger partial charge in [0.25, 0.3) is 5.56 Å². The highest BCUT2D eigenvalue weighted by Gasteiger charge is 2.22. The van der Waals surface area contributed by atoms with E-state index in [-0.39, 0.29) is 5.56 Å². The molecule has 0 bridgehead atoms. The minimum atomic E-state index is -0.415. The number of anilines is 1. The third-order valence-corrected chi connectivity index (χ3v) is 6.30. The van der Waals surface area contributed by atoms with Crippen LogP contribution in [0.25, 0.3) is 22.6 Å². The van der Waals surface area contributed by atoms with Crippen LogP contribution >= 0.6 is 0 Å². The van der Waals surface area contributed by atoms with E-state index in [1.165, 1.54) is 11.6 Å². The summed E-state index contributed by atoms with van der Waals surface area (Å²) in [6.07, 6.45) is 3.85. The number of hydrogen-bond donors (Lipinski definition) is 1. The van der Waals surface area contributed by atoms with E-state index in [9.17, 15) is 9.18 Å². The maximum absolute atomic E-state index is 14.7. The average Bonchev–Trinajstić information content (AvgIpc) is 3.21. The van der Waals surface area contributed by atoms with E-state index in [1.807, 2.05) is 0 Å². The number of halogens is 1. The summed E-state index contributed by atoms with van der Waals surface area (Å²) in [4.78, 5) is 20.1. The molecular formula is C26H31FN4O. The zero-order valence-electron chi connectivity index (χ0n) is 19.1. The molecule has 32 heavy (non-hydrogen) atoms. The molecule has 0 aliphatic carbocycles. The minimum Gasteiger partial charge on any atom is -0.381 e. The van der Waals surface area contributed by atoms with Crippen molar-refractivity contribution in [2.45, 2.75) is 40.2 Å². The lowest BCUT2D eigenvalue weighted by Gasteiger charge is -2.18. The van der Waals surface area contributed by atoms with Crippen molar-refractivity contribution in [3.63, 3.8) is 0 Å². The molecule has 1 aliphatic heterocycles. The maximum Gasteiger partial charge on any atom is 0.261 e. The van der Waals surface area contributed by atoms with Crippen molar-refractivity contribution >= 4 is 28.2 Å². The molecule has 168 valence electrons. The quantitative estimate of drug-likeness (QED) is 0.554. The number of aryl methyl sites for hydroxylation is 1. The summed E-state index contributed by atoms with van der Waals surface area (Å²) in [7, 11) is 0. The smallest absolute Gasteiger partial charge is 0.261 e. The number of benzene rings is 2. The third kappa shape index (κ3) is 4.46. The lowest BCUT2D eigenvalue weighted by atomic mass is 10.1. The fourth-order valence-electron chi connectivity index (χ4n) is 4.25. The first-order chi connectivity index (χ1) is 15.5. The van der Waals surface area contributed by atoms with Gasteiger partial charge in [-0.3, -0.25) is 9.36 Å². The summed E-state index contributed by atoms with van der Waals surface area (Å²) >= 11 is 0. The molecule has 4 rings (SSSR count). The third-order valence-electron chi connectivity index (χ3n) is 6.30. The van der Waals surface area contributed by atoms with E-state index in [0.717, 1.165) is 43.6 Å². The lowest BCUT2D eigenvalue weighted by molar-refractivity contribution is 0.316. The predicted octanol–water partition coefficient (Wildman–Crippen LogP) is 4.80. The molecule has 0 amide bonds. The highest BCUT2D eigenvalue weighted by molar-refractivity contribution is 5.86. The molecule has 1 N–H and O–H groups in total. The zero-order valence-corrected chi connectivity index (χ0v) is 19.1. The van der Waals surface area contributed by atoms with Crippen LogP contribution in [-0.2, 0) is 13.0 Å². The summed E-state index contributed by atoms with van der Waals surface area (Å²) in [6, 6.07) is 11.4. The van der Waals surface area contributed by atoms with E-state index in [4.69, 9.17) is 4.98 Å². The first-order valence-corrected chi connectivity index (χ1v) is 11.5. The molecule has 0 saturated heterocycles. The molecule has 0 spiro atoms. The molecule has 0 fully saturated rings. The van der Waals surface area contributed by atoms with Gasteiger partial charge in [-0.05, 0) is 60.8 Å². The van der Waals surface area contributed by atoms with Gasteiger partial charge >= 0.3 is 0 Å². The predicted molar refractivity (Wildman–Crippen MR) is 131 cm³/mol. The van der Waals surface area contributed by atoms with Crippen molar-refractivity contribution in [2.75, 3.05) is 31.5 Å². The highest BCUT2D eigenvalue weighted by Crippen LogP contribution is 2.29. The second-order valence-electron chi connectivity index (χ2n) is 8.21. The zero-order chi connectivity index (χ0) is 22.7. The molecule has 0 atom stereocenters. The Bertz CT molecular complexity index is 1190. The average molecular weight is 435 g/mol. The number of fused-ring (bicyclic) bond motifs is 2. The Morgan fingerprint density at radius 1 is 1.16 bits per heavy atom. The van der Waals surface area contributed by atoms with Gasteiger partial charge in [0.2, 0.25) is 0 Å². The van der Waals surface area contributed by atoms with Gasteiger partial charge in [0.1, 0.15) is 11.6 Å². The monoisotopic (exact) mass is 434 g/mol. The van der Waals surface area contributed by atoms with Crippen LogP contribution in [-0.4, -0.2) is 40.6 Å². The van der Waals surface area contributed by atoms with E-state index in [0.29, 0.717) is 35.5 Å².